The van der Waals surface area contributed by atoms with Gasteiger partial charge in [-0.15, -0.1) is 0 Å². The summed E-state index contributed by atoms with van der Waals surface area (Å²) >= 11 is 0. The summed E-state index contributed by atoms with van der Waals surface area (Å²) in [4.78, 5) is 19.3. The minimum absolute atomic E-state index is 0.128. The van der Waals surface area contributed by atoms with Crippen LogP contribution in [0.2, 0.25) is 0 Å². The van der Waals surface area contributed by atoms with Gasteiger partial charge < -0.3 is 10.1 Å². The molecule has 0 aliphatic heterocycles. The molecule has 10 heteroatoms. The molecule has 2 N–H and O–H groups in total. The molecule has 0 atom stereocenters. The van der Waals surface area contributed by atoms with Gasteiger partial charge in [-0.05, 0) is 38.5 Å². The number of benzene rings is 1. The first-order chi connectivity index (χ1) is 13.0. The molecule has 0 unspecified atom stereocenters. The van der Waals surface area contributed by atoms with Gasteiger partial charge in [0.15, 0.2) is 12.3 Å². The quantitative estimate of drug-likeness (QED) is 0.692. The lowest BCUT2D eigenvalue weighted by Crippen LogP contribution is -2.24. The molecular weight excluding hydrogens is 375 g/mol. The fourth-order valence-electron chi connectivity index (χ4n) is 2.55. The van der Waals surface area contributed by atoms with Gasteiger partial charge in [0.25, 0.3) is 5.56 Å². The Morgan fingerprint density at radius 1 is 1.18 bits per heavy atom. The van der Waals surface area contributed by atoms with E-state index in [0.717, 1.165) is 5.56 Å². The van der Waals surface area contributed by atoms with Crippen LogP contribution in [0.3, 0.4) is 0 Å². The summed E-state index contributed by atoms with van der Waals surface area (Å²) in [6.45, 7) is 4.85. The molecule has 0 bridgehead atoms. The van der Waals surface area contributed by atoms with E-state index in [2.05, 4.69) is 25.1 Å². The first-order valence-electron chi connectivity index (χ1n) is 8.54. The smallest absolute Gasteiger partial charge is 0.422 e. The number of aromatic amines is 1. The first-order valence-corrected chi connectivity index (χ1v) is 8.54. The second-order valence-electron chi connectivity index (χ2n) is 7.28. The minimum Gasteiger partial charge on any atom is -0.484 e. The molecule has 0 saturated heterocycles. The Kier molecular flexibility index (Phi) is 5.05. The van der Waals surface area contributed by atoms with Crippen LogP contribution in [0.25, 0.3) is 11.0 Å². The third-order valence-corrected chi connectivity index (χ3v) is 3.86. The van der Waals surface area contributed by atoms with Gasteiger partial charge in [0.1, 0.15) is 11.1 Å². The van der Waals surface area contributed by atoms with Crippen molar-refractivity contribution in [3.63, 3.8) is 0 Å². The topological polar surface area (TPSA) is 84.8 Å². The predicted octanol–water partition coefficient (Wildman–Crippen LogP) is 3.43. The molecule has 0 aliphatic carbocycles. The lowest BCUT2D eigenvalue weighted by atomic mass is 10.1. The SMILES string of the molecule is CC(C)(C)n1ncc2c(=O)[nH]c(NCc3ccc(OCC(F)(F)F)cc3)nc21. The predicted molar refractivity (Wildman–Crippen MR) is 98.5 cm³/mol. The molecule has 0 spiro atoms. The molecule has 0 fully saturated rings. The maximum atomic E-state index is 12.3. The van der Waals surface area contributed by atoms with E-state index in [1.807, 2.05) is 20.8 Å². The third-order valence-electron chi connectivity index (χ3n) is 3.86. The van der Waals surface area contributed by atoms with Gasteiger partial charge in [0, 0.05) is 6.54 Å². The number of nitrogens with zero attached hydrogens (tertiary/aromatic N) is 3. The number of anilines is 1. The Hall–Kier alpha value is -3.04. The van der Waals surface area contributed by atoms with Gasteiger partial charge in [-0.1, -0.05) is 12.1 Å². The second kappa shape index (κ2) is 7.17. The monoisotopic (exact) mass is 395 g/mol. The van der Waals surface area contributed by atoms with E-state index in [1.54, 1.807) is 16.8 Å². The van der Waals surface area contributed by atoms with Crippen LogP contribution in [0.4, 0.5) is 19.1 Å². The summed E-state index contributed by atoms with van der Waals surface area (Å²) in [5.41, 5.74) is 0.603. The van der Waals surface area contributed by atoms with Crippen LogP contribution in [0.15, 0.2) is 35.3 Å². The van der Waals surface area contributed by atoms with Crippen molar-refractivity contribution in [3.8, 4) is 5.75 Å². The summed E-state index contributed by atoms with van der Waals surface area (Å²) in [7, 11) is 0. The highest BCUT2D eigenvalue weighted by Gasteiger charge is 2.28. The van der Waals surface area contributed by atoms with Crippen LogP contribution in [0.1, 0.15) is 26.3 Å². The van der Waals surface area contributed by atoms with Crippen molar-refractivity contribution in [2.24, 2.45) is 0 Å². The zero-order valence-electron chi connectivity index (χ0n) is 15.6. The average Bonchev–Trinajstić information content (AvgIpc) is 3.03. The fourth-order valence-corrected chi connectivity index (χ4v) is 2.55. The van der Waals surface area contributed by atoms with Crippen molar-refractivity contribution in [2.45, 2.75) is 39.0 Å². The van der Waals surface area contributed by atoms with Crippen LogP contribution in [0.5, 0.6) is 5.75 Å². The number of rotatable bonds is 5. The molecule has 1 aromatic carbocycles. The zero-order chi connectivity index (χ0) is 20.5. The summed E-state index contributed by atoms with van der Waals surface area (Å²) in [6.07, 6.45) is -2.90. The van der Waals surface area contributed by atoms with Crippen LogP contribution >= 0.6 is 0 Å². The maximum Gasteiger partial charge on any atom is 0.422 e. The largest absolute Gasteiger partial charge is 0.484 e. The van der Waals surface area contributed by atoms with Crippen molar-refractivity contribution >= 4 is 17.0 Å². The number of hydrogen-bond acceptors (Lipinski definition) is 5. The van der Waals surface area contributed by atoms with E-state index in [9.17, 15) is 18.0 Å². The van der Waals surface area contributed by atoms with Gasteiger partial charge in [-0.3, -0.25) is 9.78 Å². The van der Waals surface area contributed by atoms with Crippen LogP contribution in [0, 0.1) is 0 Å². The minimum atomic E-state index is -4.38. The van der Waals surface area contributed by atoms with E-state index in [1.165, 1.54) is 18.3 Å². The van der Waals surface area contributed by atoms with Gasteiger partial charge in [0.2, 0.25) is 5.95 Å². The van der Waals surface area contributed by atoms with Gasteiger partial charge in [-0.25, -0.2) is 4.68 Å². The maximum absolute atomic E-state index is 12.3. The van der Waals surface area contributed by atoms with Gasteiger partial charge in [-0.2, -0.15) is 23.3 Å². The molecule has 0 radical (unpaired) electrons. The van der Waals surface area contributed by atoms with E-state index in [0.29, 0.717) is 17.6 Å². The highest BCUT2D eigenvalue weighted by atomic mass is 19.4. The number of fused-ring (bicyclic) bond motifs is 1. The molecule has 3 aromatic rings. The van der Waals surface area contributed by atoms with E-state index < -0.39 is 12.8 Å². The number of ether oxygens (including phenoxy) is 1. The Balaban J connectivity index is 1.72. The molecular formula is C18H20F3N5O2. The molecule has 0 aliphatic rings. The number of aromatic nitrogens is 4. The average molecular weight is 395 g/mol. The van der Waals surface area contributed by atoms with Crippen molar-refractivity contribution in [3.05, 3.63) is 46.4 Å². The summed E-state index contributed by atoms with van der Waals surface area (Å²) < 4.78 is 42.9. The molecule has 2 aromatic heterocycles. The van der Waals surface area contributed by atoms with Crippen molar-refractivity contribution in [1.29, 1.82) is 0 Å². The molecule has 28 heavy (non-hydrogen) atoms. The van der Waals surface area contributed by atoms with Crippen LogP contribution in [-0.4, -0.2) is 32.5 Å². The Labute approximate surface area is 158 Å². The fraction of sp³-hybridized carbons (Fsp3) is 0.389. The lowest BCUT2D eigenvalue weighted by Gasteiger charge is -2.19. The molecule has 2 heterocycles. The summed E-state index contributed by atoms with van der Waals surface area (Å²) in [5.74, 6) is 0.406. The van der Waals surface area contributed by atoms with Crippen LogP contribution < -0.4 is 15.6 Å². The first kappa shape index (κ1) is 19.7. The molecule has 7 nitrogen and oxygen atoms in total. The van der Waals surface area contributed by atoms with E-state index in [-0.39, 0.29) is 22.8 Å². The van der Waals surface area contributed by atoms with Crippen molar-refractivity contribution in [2.75, 3.05) is 11.9 Å². The van der Waals surface area contributed by atoms with E-state index in [4.69, 9.17) is 0 Å². The molecule has 150 valence electrons. The second-order valence-corrected chi connectivity index (χ2v) is 7.28. The standard InChI is InChI=1S/C18H20F3N5O2/c1-17(2,3)26-14-13(9-23-26)15(27)25-16(24-14)22-8-11-4-6-12(7-5-11)28-10-18(19,20)21/h4-7,9H,8,10H2,1-3H3,(H2,22,24,25,27). The highest BCUT2D eigenvalue weighted by Crippen LogP contribution is 2.20. The lowest BCUT2D eigenvalue weighted by molar-refractivity contribution is -0.153. The number of halogens is 3. The van der Waals surface area contributed by atoms with E-state index >= 15 is 0 Å². The molecule has 0 amide bonds. The number of hydrogen-bond donors (Lipinski definition) is 2. The van der Waals surface area contributed by atoms with Gasteiger partial charge in [0.05, 0.1) is 11.7 Å². The highest BCUT2D eigenvalue weighted by molar-refractivity contribution is 5.74. The molecule has 3 rings (SSSR count). The summed E-state index contributed by atoms with van der Waals surface area (Å²) in [6, 6.07) is 6.18. The number of nitrogens with one attached hydrogen (secondary N) is 2. The molecule has 0 saturated carbocycles. The van der Waals surface area contributed by atoms with Crippen LogP contribution in [-0.2, 0) is 12.1 Å². The van der Waals surface area contributed by atoms with Crippen molar-refractivity contribution < 1.29 is 17.9 Å². The number of alkyl halides is 3. The Bertz CT molecular complexity index is 1020. The van der Waals surface area contributed by atoms with Crippen molar-refractivity contribution in [1.82, 2.24) is 19.7 Å². The Morgan fingerprint density at radius 2 is 1.86 bits per heavy atom. The third kappa shape index (κ3) is 4.62. The zero-order valence-corrected chi connectivity index (χ0v) is 15.6. The normalized spacial score (nSPS) is 12.4. The number of H-pyrrole nitrogens is 1. The van der Waals surface area contributed by atoms with Gasteiger partial charge >= 0.3 is 6.18 Å². The summed E-state index contributed by atoms with van der Waals surface area (Å²) in [5, 5.41) is 7.65. The Morgan fingerprint density at radius 3 is 2.46 bits per heavy atom.